The van der Waals surface area contributed by atoms with Gasteiger partial charge in [-0.2, -0.15) is 5.26 Å². The van der Waals surface area contributed by atoms with Gasteiger partial charge in [-0.15, -0.1) is 0 Å². The molecule has 0 aromatic rings. The van der Waals surface area contributed by atoms with Gasteiger partial charge in [-0.3, -0.25) is 4.89 Å². The fourth-order valence-corrected chi connectivity index (χ4v) is 0.0373. The highest BCUT2D eigenvalue weighted by Crippen LogP contribution is 1.67. The lowest BCUT2D eigenvalue weighted by atomic mass is 10.7. The Hall–Kier alpha value is -1.62. The summed E-state index contributed by atoms with van der Waals surface area (Å²) < 4.78 is 0. The number of carbonyl (C=O) groups excluding carboxylic acids is 1. The van der Waals surface area contributed by atoms with Crippen LogP contribution in [0.25, 0.3) is 0 Å². The molecule has 0 rings (SSSR count). The summed E-state index contributed by atoms with van der Waals surface area (Å²) in [6.07, 6.45) is 1.69. The van der Waals surface area contributed by atoms with E-state index in [1.54, 1.807) is 0 Å². The summed E-state index contributed by atoms with van der Waals surface area (Å²) in [4.78, 5) is 22.0. The van der Waals surface area contributed by atoms with Gasteiger partial charge in [-0.1, -0.05) is 13.2 Å². The fraction of sp³-hybridized carbons (Fsp3) is 0. The fourth-order valence-electron chi connectivity index (χ4n) is 0.0373. The number of carboxylic acid groups (broad SMARTS) is 1. The second kappa shape index (κ2) is 8.38. The Labute approximate surface area is 63.1 Å². The Morgan fingerprint density at radius 3 is 1.64 bits per heavy atom. The Bertz CT molecular complexity index is 160. The van der Waals surface area contributed by atoms with E-state index in [1.165, 1.54) is 0 Å². The van der Waals surface area contributed by atoms with Gasteiger partial charge in [0.2, 0.25) is 0 Å². The van der Waals surface area contributed by atoms with Crippen molar-refractivity contribution in [2.24, 2.45) is 0 Å². The molecular formula is C6H8O5. The minimum Gasteiger partial charge on any atom is -0.478 e. The second-order valence-corrected chi connectivity index (χ2v) is 1.16. The van der Waals surface area contributed by atoms with E-state index < -0.39 is 11.9 Å². The zero-order chi connectivity index (χ0) is 9.28. The topological polar surface area (TPSA) is 83.8 Å². The average molecular weight is 160 g/mol. The zero-order valence-electron chi connectivity index (χ0n) is 5.69. The molecule has 0 saturated heterocycles. The van der Waals surface area contributed by atoms with Gasteiger partial charge < -0.3 is 5.11 Å². The van der Waals surface area contributed by atoms with Crippen LogP contribution in [-0.4, -0.2) is 22.3 Å². The smallest absolute Gasteiger partial charge is 0.365 e. The molecule has 2 N–H and O–H groups in total. The lowest BCUT2D eigenvalue weighted by Gasteiger charge is -1.78. The average Bonchev–Trinajstić information content (AvgIpc) is 2.04. The van der Waals surface area contributed by atoms with Crippen LogP contribution in [0.5, 0.6) is 0 Å². The predicted octanol–water partition coefficient (Wildman–Crippen LogP) is 0.446. The maximum atomic E-state index is 9.59. The molecule has 0 unspecified atom stereocenters. The summed E-state index contributed by atoms with van der Waals surface area (Å²) in [5.74, 6) is -1.82. The minimum absolute atomic E-state index is 0.833. The highest BCUT2D eigenvalue weighted by Gasteiger charge is 1.85. The van der Waals surface area contributed by atoms with E-state index in [4.69, 9.17) is 10.4 Å². The molecule has 0 aromatic carbocycles. The zero-order valence-corrected chi connectivity index (χ0v) is 5.69. The third kappa shape index (κ3) is 17.8. The van der Waals surface area contributed by atoms with E-state index in [0.29, 0.717) is 0 Å². The molecule has 0 fully saturated rings. The first-order valence-electron chi connectivity index (χ1n) is 2.41. The number of hydrogen-bond acceptors (Lipinski definition) is 4. The van der Waals surface area contributed by atoms with Crippen molar-refractivity contribution in [3.05, 3.63) is 25.3 Å². The molecule has 5 heteroatoms. The Morgan fingerprint density at radius 2 is 1.64 bits per heavy atom. The number of rotatable bonds is 2. The van der Waals surface area contributed by atoms with E-state index in [9.17, 15) is 9.59 Å². The molecule has 0 radical (unpaired) electrons. The van der Waals surface area contributed by atoms with Gasteiger partial charge in [-0.05, 0) is 0 Å². The van der Waals surface area contributed by atoms with Crippen molar-refractivity contribution in [2.75, 3.05) is 0 Å². The molecular weight excluding hydrogens is 152 g/mol. The van der Waals surface area contributed by atoms with Gasteiger partial charge >= 0.3 is 11.9 Å². The predicted molar refractivity (Wildman–Crippen MR) is 36.8 cm³/mol. The van der Waals surface area contributed by atoms with E-state index in [0.717, 1.165) is 12.2 Å². The van der Waals surface area contributed by atoms with Crippen LogP contribution in [0.15, 0.2) is 25.3 Å². The van der Waals surface area contributed by atoms with Crippen LogP contribution in [0.3, 0.4) is 0 Å². The van der Waals surface area contributed by atoms with Crippen molar-refractivity contribution in [2.45, 2.75) is 0 Å². The SMILES string of the molecule is C=CC(=O)O.C=CC(=O)OO. The molecule has 0 aliphatic rings. The van der Waals surface area contributed by atoms with Gasteiger partial charge in [0.25, 0.3) is 0 Å². The summed E-state index contributed by atoms with van der Waals surface area (Å²) in [6, 6.07) is 0. The highest BCUT2D eigenvalue weighted by molar-refractivity contribution is 5.80. The van der Waals surface area contributed by atoms with Crippen LogP contribution in [-0.2, 0) is 14.5 Å². The summed E-state index contributed by atoms with van der Waals surface area (Å²) in [6.45, 7) is 5.96. The molecule has 0 atom stereocenters. The molecule has 0 spiro atoms. The number of carboxylic acids is 1. The molecule has 11 heavy (non-hydrogen) atoms. The molecule has 0 heterocycles. The van der Waals surface area contributed by atoms with Crippen LogP contribution >= 0.6 is 0 Å². The standard InChI is InChI=1S/C3H4O3.C3H4O2/c1-2-3(4)6-5;1-2-3(4)5/h2,5H,1H2;2H,1H2,(H,4,5). The lowest BCUT2D eigenvalue weighted by Crippen LogP contribution is -1.92. The highest BCUT2D eigenvalue weighted by atomic mass is 17.1. The molecule has 0 bridgehead atoms. The number of aliphatic carboxylic acids is 1. The van der Waals surface area contributed by atoms with Crippen LogP contribution in [0, 0.1) is 0 Å². The van der Waals surface area contributed by atoms with Gasteiger partial charge in [0, 0.05) is 12.2 Å². The van der Waals surface area contributed by atoms with E-state index in [-0.39, 0.29) is 0 Å². The normalized spacial score (nSPS) is 6.64. The monoisotopic (exact) mass is 160 g/mol. The summed E-state index contributed by atoms with van der Waals surface area (Å²) >= 11 is 0. The van der Waals surface area contributed by atoms with Gasteiger partial charge in [0.05, 0.1) is 0 Å². The molecule has 0 saturated carbocycles. The first-order chi connectivity index (χ1) is 5.08. The third-order valence-electron chi connectivity index (χ3n) is 0.431. The first-order valence-corrected chi connectivity index (χ1v) is 2.41. The molecule has 0 aliphatic carbocycles. The lowest BCUT2D eigenvalue weighted by molar-refractivity contribution is -0.228. The van der Waals surface area contributed by atoms with E-state index >= 15 is 0 Å². The maximum Gasteiger partial charge on any atom is 0.365 e. The summed E-state index contributed by atoms with van der Waals surface area (Å²) in [7, 11) is 0. The van der Waals surface area contributed by atoms with E-state index in [2.05, 4.69) is 18.0 Å². The molecule has 0 amide bonds. The van der Waals surface area contributed by atoms with Gasteiger partial charge in [0.1, 0.15) is 0 Å². The molecule has 62 valence electrons. The van der Waals surface area contributed by atoms with Crippen molar-refractivity contribution in [3.8, 4) is 0 Å². The Balaban J connectivity index is 0. The van der Waals surface area contributed by atoms with Gasteiger partial charge in [0.15, 0.2) is 0 Å². The quantitative estimate of drug-likeness (QED) is 0.348. The molecule has 5 nitrogen and oxygen atoms in total. The first kappa shape index (κ1) is 12.1. The minimum atomic E-state index is -0.981. The van der Waals surface area contributed by atoms with Crippen molar-refractivity contribution in [1.29, 1.82) is 0 Å². The maximum absolute atomic E-state index is 9.59. The van der Waals surface area contributed by atoms with Crippen LogP contribution in [0.2, 0.25) is 0 Å². The number of carbonyl (C=O) groups is 2. The van der Waals surface area contributed by atoms with Crippen molar-refractivity contribution in [1.82, 2.24) is 0 Å². The summed E-state index contributed by atoms with van der Waals surface area (Å²) in [5.41, 5.74) is 0. The van der Waals surface area contributed by atoms with Crippen LogP contribution < -0.4 is 0 Å². The summed E-state index contributed by atoms with van der Waals surface area (Å²) in [5, 5.41) is 15.0. The van der Waals surface area contributed by atoms with Crippen molar-refractivity contribution >= 4 is 11.9 Å². The molecule has 0 aromatic heterocycles. The van der Waals surface area contributed by atoms with Gasteiger partial charge in [-0.25, -0.2) is 9.59 Å². The Kier molecular flexibility index (Phi) is 9.21. The second-order valence-electron chi connectivity index (χ2n) is 1.16. The molecule has 0 aliphatic heterocycles. The largest absolute Gasteiger partial charge is 0.478 e. The van der Waals surface area contributed by atoms with Crippen molar-refractivity contribution < 1.29 is 24.8 Å². The Morgan fingerprint density at radius 1 is 1.27 bits per heavy atom. The van der Waals surface area contributed by atoms with Crippen LogP contribution in [0.1, 0.15) is 0 Å². The van der Waals surface area contributed by atoms with E-state index in [1.807, 2.05) is 0 Å². The van der Waals surface area contributed by atoms with Crippen molar-refractivity contribution in [3.63, 3.8) is 0 Å². The van der Waals surface area contributed by atoms with Crippen LogP contribution in [0.4, 0.5) is 0 Å². The number of hydrogen-bond donors (Lipinski definition) is 2. The third-order valence-corrected chi connectivity index (χ3v) is 0.431.